The van der Waals surface area contributed by atoms with Crippen molar-refractivity contribution < 1.29 is 22.3 Å². The van der Waals surface area contributed by atoms with Crippen LogP contribution in [-0.2, 0) is 17.1 Å². The highest BCUT2D eigenvalue weighted by molar-refractivity contribution is 7.93. The molecule has 1 N–H and O–H groups in total. The van der Waals surface area contributed by atoms with Crippen molar-refractivity contribution in [2.75, 3.05) is 11.8 Å². The second-order valence-electron chi connectivity index (χ2n) is 7.03. The first kappa shape index (κ1) is 23.2. The van der Waals surface area contributed by atoms with Crippen LogP contribution in [0, 0.1) is 5.82 Å². The first-order valence-electron chi connectivity index (χ1n) is 9.72. The van der Waals surface area contributed by atoms with Crippen molar-refractivity contribution in [3.8, 4) is 28.8 Å². The summed E-state index contributed by atoms with van der Waals surface area (Å²) in [4.78, 5) is 20.1. The molecule has 0 fully saturated rings. The summed E-state index contributed by atoms with van der Waals surface area (Å²) in [6.07, 6.45) is 1.93. The Labute approximate surface area is 184 Å². The molecule has 2 aromatic heterocycles. The molecular formula is C21H23FN4O5S. The van der Waals surface area contributed by atoms with Gasteiger partial charge in [0.15, 0.2) is 11.6 Å². The predicted molar refractivity (Wildman–Crippen MR) is 118 cm³/mol. The molecule has 11 heteroatoms. The molecule has 1 atom stereocenters. The van der Waals surface area contributed by atoms with Crippen LogP contribution in [0.3, 0.4) is 0 Å². The van der Waals surface area contributed by atoms with E-state index in [9.17, 15) is 17.6 Å². The number of ether oxygens (including phenoxy) is 2. The molecule has 32 heavy (non-hydrogen) atoms. The predicted octanol–water partition coefficient (Wildman–Crippen LogP) is 3.32. The maximum absolute atomic E-state index is 14.4. The highest BCUT2D eigenvalue weighted by Crippen LogP contribution is 2.34. The van der Waals surface area contributed by atoms with Crippen molar-refractivity contribution in [1.29, 1.82) is 0 Å². The van der Waals surface area contributed by atoms with E-state index < -0.39 is 21.1 Å². The molecule has 170 valence electrons. The summed E-state index contributed by atoms with van der Waals surface area (Å²) >= 11 is 0. The zero-order chi connectivity index (χ0) is 23.5. The molecular weight excluding hydrogens is 439 g/mol. The first-order valence-corrected chi connectivity index (χ1v) is 11.3. The minimum atomic E-state index is -3.74. The number of sulfonamides is 1. The van der Waals surface area contributed by atoms with Gasteiger partial charge in [-0.25, -0.2) is 12.8 Å². The molecule has 0 saturated carbocycles. The summed E-state index contributed by atoms with van der Waals surface area (Å²) in [5, 5.41) is -0.672. The summed E-state index contributed by atoms with van der Waals surface area (Å²) < 4.78 is 53.9. The first-order chi connectivity index (χ1) is 15.1. The Bertz CT molecular complexity index is 1290. The molecule has 0 aliphatic heterocycles. The van der Waals surface area contributed by atoms with E-state index >= 15 is 0 Å². The molecule has 2 heterocycles. The Kier molecular flexibility index (Phi) is 6.78. The SMILES string of the molecule is CC[C@H](C)S(=O)(=O)Nc1cc(-c2ccc(=O)n(C)c2)nc(Oc2c(F)cccc2OC)n1. The van der Waals surface area contributed by atoms with Crippen molar-refractivity contribution in [1.82, 2.24) is 14.5 Å². The number of hydrogen-bond acceptors (Lipinski definition) is 7. The van der Waals surface area contributed by atoms with Gasteiger partial charge < -0.3 is 14.0 Å². The number of aryl methyl sites for hydroxylation is 1. The third-order valence-corrected chi connectivity index (χ3v) is 6.67. The number of methoxy groups -OCH3 is 1. The van der Waals surface area contributed by atoms with Crippen LogP contribution in [0.2, 0.25) is 0 Å². The summed E-state index contributed by atoms with van der Waals surface area (Å²) in [7, 11) is -0.811. The van der Waals surface area contributed by atoms with Gasteiger partial charge in [-0.15, -0.1) is 0 Å². The van der Waals surface area contributed by atoms with Crippen molar-refractivity contribution in [2.45, 2.75) is 25.5 Å². The highest BCUT2D eigenvalue weighted by atomic mass is 32.2. The highest BCUT2D eigenvalue weighted by Gasteiger charge is 2.21. The van der Waals surface area contributed by atoms with E-state index in [2.05, 4.69) is 14.7 Å². The Morgan fingerprint density at radius 1 is 1.22 bits per heavy atom. The number of aromatic nitrogens is 3. The van der Waals surface area contributed by atoms with Crippen molar-refractivity contribution in [2.24, 2.45) is 7.05 Å². The van der Waals surface area contributed by atoms with Crippen LogP contribution in [0.5, 0.6) is 17.5 Å². The monoisotopic (exact) mass is 462 g/mol. The van der Waals surface area contributed by atoms with Crippen molar-refractivity contribution in [3.63, 3.8) is 0 Å². The Hall–Kier alpha value is -3.47. The van der Waals surface area contributed by atoms with Crippen molar-refractivity contribution >= 4 is 15.8 Å². The molecule has 0 spiro atoms. The third kappa shape index (κ3) is 5.05. The lowest BCUT2D eigenvalue weighted by molar-refractivity contribution is 0.352. The fraction of sp³-hybridized carbons (Fsp3) is 0.286. The van der Waals surface area contributed by atoms with E-state index in [4.69, 9.17) is 9.47 Å². The minimum absolute atomic E-state index is 0.0607. The zero-order valence-corrected chi connectivity index (χ0v) is 18.8. The molecule has 0 bridgehead atoms. The van der Waals surface area contributed by atoms with Crippen LogP contribution in [0.4, 0.5) is 10.2 Å². The fourth-order valence-electron chi connectivity index (χ4n) is 2.72. The normalized spacial score (nSPS) is 12.3. The molecule has 1 aromatic carbocycles. The minimum Gasteiger partial charge on any atom is -0.493 e. The second kappa shape index (κ2) is 9.35. The van der Waals surface area contributed by atoms with Crippen LogP contribution in [0.25, 0.3) is 11.3 Å². The average molecular weight is 463 g/mol. The summed E-state index contributed by atoms with van der Waals surface area (Å²) in [6.45, 7) is 3.32. The van der Waals surface area contributed by atoms with E-state index in [-0.39, 0.29) is 34.6 Å². The molecule has 3 aromatic rings. The number of hydrogen-bond donors (Lipinski definition) is 1. The quantitative estimate of drug-likeness (QED) is 0.546. The lowest BCUT2D eigenvalue weighted by atomic mass is 10.2. The molecule has 0 amide bonds. The molecule has 0 unspecified atom stereocenters. The Morgan fingerprint density at radius 3 is 2.62 bits per heavy atom. The maximum atomic E-state index is 14.4. The van der Waals surface area contributed by atoms with Gasteiger partial charge in [0.25, 0.3) is 0 Å². The molecule has 3 rings (SSSR count). The third-order valence-electron chi connectivity index (χ3n) is 4.78. The van der Waals surface area contributed by atoms with Crippen LogP contribution in [-0.4, -0.2) is 35.3 Å². The van der Waals surface area contributed by atoms with E-state index in [1.54, 1.807) is 20.9 Å². The maximum Gasteiger partial charge on any atom is 0.324 e. The van der Waals surface area contributed by atoms with Gasteiger partial charge in [0.05, 0.1) is 18.1 Å². The second-order valence-corrected chi connectivity index (χ2v) is 9.13. The number of benzene rings is 1. The molecule has 0 aliphatic carbocycles. The largest absolute Gasteiger partial charge is 0.493 e. The average Bonchev–Trinajstić information content (AvgIpc) is 2.75. The van der Waals surface area contributed by atoms with Crippen molar-refractivity contribution in [3.05, 3.63) is 58.8 Å². The van der Waals surface area contributed by atoms with Gasteiger partial charge in [-0.3, -0.25) is 9.52 Å². The molecule has 0 saturated heterocycles. The Balaban J connectivity index is 2.12. The summed E-state index contributed by atoms with van der Waals surface area (Å²) in [5.74, 6) is -0.900. The summed E-state index contributed by atoms with van der Waals surface area (Å²) in [6, 6.07) is 8.12. The van der Waals surface area contributed by atoms with Gasteiger partial charge in [-0.1, -0.05) is 13.0 Å². The fourth-order valence-corrected chi connectivity index (χ4v) is 3.76. The van der Waals surface area contributed by atoms with Crippen LogP contribution in [0.15, 0.2) is 47.4 Å². The lowest BCUT2D eigenvalue weighted by Gasteiger charge is -2.15. The summed E-state index contributed by atoms with van der Waals surface area (Å²) in [5.41, 5.74) is 0.541. The Morgan fingerprint density at radius 2 is 1.97 bits per heavy atom. The van der Waals surface area contributed by atoms with Gasteiger partial charge in [-0.05, 0) is 31.5 Å². The van der Waals surface area contributed by atoms with Gasteiger partial charge >= 0.3 is 6.01 Å². The standard InChI is InChI=1S/C21H23FN4O5S/c1-5-13(2)32(28,29)25-18-11-16(14-9-10-19(27)26(3)12-14)23-21(24-18)31-20-15(22)7-6-8-17(20)30-4/h6-13H,5H2,1-4H3,(H,23,24,25)/t13-/m0/s1. The van der Waals surface area contributed by atoms with Gasteiger partial charge in [0.2, 0.25) is 21.3 Å². The molecule has 0 aliphatic rings. The lowest BCUT2D eigenvalue weighted by Crippen LogP contribution is -2.25. The zero-order valence-electron chi connectivity index (χ0n) is 18.0. The number of pyridine rings is 1. The number of halogens is 1. The number of anilines is 1. The molecule has 0 radical (unpaired) electrons. The van der Waals surface area contributed by atoms with Crippen LogP contribution in [0.1, 0.15) is 20.3 Å². The number of nitrogens with one attached hydrogen (secondary N) is 1. The van der Waals surface area contributed by atoms with E-state index in [1.807, 2.05) is 0 Å². The number of rotatable bonds is 8. The number of nitrogens with zero attached hydrogens (tertiary/aromatic N) is 3. The van der Waals surface area contributed by atoms with Crippen LogP contribution < -0.4 is 19.8 Å². The number of para-hydroxylation sites is 1. The van der Waals surface area contributed by atoms with E-state index in [0.29, 0.717) is 12.0 Å². The topological polar surface area (TPSA) is 112 Å². The molecule has 9 nitrogen and oxygen atoms in total. The van der Waals surface area contributed by atoms with E-state index in [0.717, 1.165) is 0 Å². The van der Waals surface area contributed by atoms with E-state index in [1.165, 1.54) is 54.3 Å². The smallest absolute Gasteiger partial charge is 0.324 e. The van der Waals surface area contributed by atoms with Gasteiger partial charge in [0, 0.05) is 30.9 Å². The van der Waals surface area contributed by atoms with Gasteiger partial charge in [0.1, 0.15) is 5.82 Å². The van der Waals surface area contributed by atoms with Crippen LogP contribution >= 0.6 is 0 Å². The van der Waals surface area contributed by atoms with Gasteiger partial charge in [-0.2, -0.15) is 9.97 Å².